The Morgan fingerprint density at radius 1 is 1.40 bits per heavy atom. The number of benzene rings is 1. The molecule has 0 saturated heterocycles. The summed E-state index contributed by atoms with van der Waals surface area (Å²) in [6, 6.07) is 2.73. The van der Waals surface area contributed by atoms with Crippen molar-refractivity contribution in [2.45, 2.75) is 19.8 Å². The van der Waals surface area contributed by atoms with E-state index < -0.39 is 28.3 Å². The van der Waals surface area contributed by atoms with Gasteiger partial charge in [-0.15, -0.1) is 0 Å². The maximum Gasteiger partial charge on any atom is 0.306 e. The first kappa shape index (κ1) is 15.5. The number of nitro groups is 1. The number of hydrogen-bond acceptors (Lipinski definition) is 5. The lowest BCUT2D eigenvalue weighted by atomic mass is 10.2. The molecule has 0 radical (unpaired) electrons. The van der Waals surface area contributed by atoms with Crippen molar-refractivity contribution in [1.82, 2.24) is 0 Å². The summed E-state index contributed by atoms with van der Waals surface area (Å²) in [6.07, 6.45) is -0.352. The van der Waals surface area contributed by atoms with Crippen LogP contribution in [0.15, 0.2) is 18.2 Å². The molecule has 0 spiro atoms. The Bertz CT molecular complexity index is 533. The Morgan fingerprint density at radius 3 is 2.70 bits per heavy atom. The SMILES string of the molecule is CCOC(=O)CCC(=O)Nc1cc(F)ccc1[N+](=O)[O-]. The quantitative estimate of drug-likeness (QED) is 0.489. The molecule has 0 unspecified atom stereocenters. The van der Waals surface area contributed by atoms with Gasteiger partial charge >= 0.3 is 5.97 Å². The van der Waals surface area contributed by atoms with Crippen LogP contribution in [0.2, 0.25) is 0 Å². The number of halogens is 1. The van der Waals surface area contributed by atoms with Gasteiger partial charge in [0.05, 0.1) is 18.0 Å². The fourth-order valence-corrected chi connectivity index (χ4v) is 1.43. The minimum absolute atomic E-state index is 0.150. The van der Waals surface area contributed by atoms with E-state index in [0.29, 0.717) is 0 Å². The molecule has 1 aromatic carbocycles. The lowest BCUT2D eigenvalue weighted by Gasteiger charge is -2.06. The summed E-state index contributed by atoms with van der Waals surface area (Å²) < 4.78 is 17.7. The normalized spacial score (nSPS) is 9.90. The second-order valence-corrected chi connectivity index (χ2v) is 3.77. The number of nitrogens with one attached hydrogen (secondary N) is 1. The predicted molar refractivity (Wildman–Crippen MR) is 67.6 cm³/mol. The van der Waals surface area contributed by atoms with E-state index in [0.717, 1.165) is 18.2 Å². The fourth-order valence-electron chi connectivity index (χ4n) is 1.43. The third kappa shape index (κ3) is 4.63. The monoisotopic (exact) mass is 284 g/mol. The molecule has 0 atom stereocenters. The molecule has 7 nitrogen and oxygen atoms in total. The van der Waals surface area contributed by atoms with Crippen molar-refractivity contribution in [2.24, 2.45) is 0 Å². The van der Waals surface area contributed by atoms with Crippen molar-refractivity contribution in [2.75, 3.05) is 11.9 Å². The number of amides is 1. The van der Waals surface area contributed by atoms with Crippen LogP contribution >= 0.6 is 0 Å². The Hall–Kier alpha value is -2.51. The summed E-state index contributed by atoms with van der Waals surface area (Å²) in [4.78, 5) is 32.6. The molecule has 0 saturated carbocycles. The van der Waals surface area contributed by atoms with Crippen molar-refractivity contribution in [3.63, 3.8) is 0 Å². The number of hydrogen-bond donors (Lipinski definition) is 1. The number of nitro benzene ring substituents is 1. The van der Waals surface area contributed by atoms with E-state index in [2.05, 4.69) is 10.1 Å². The largest absolute Gasteiger partial charge is 0.466 e. The zero-order chi connectivity index (χ0) is 15.1. The van der Waals surface area contributed by atoms with Gasteiger partial charge in [0.2, 0.25) is 5.91 Å². The number of nitrogens with zero attached hydrogens (tertiary/aromatic N) is 1. The summed E-state index contributed by atoms with van der Waals surface area (Å²) in [6.45, 7) is 1.84. The zero-order valence-corrected chi connectivity index (χ0v) is 10.7. The van der Waals surface area contributed by atoms with Crippen LogP contribution in [-0.4, -0.2) is 23.4 Å². The zero-order valence-electron chi connectivity index (χ0n) is 10.7. The van der Waals surface area contributed by atoms with Crippen LogP contribution in [0.25, 0.3) is 0 Å². The molecule has 1 rings (SSSR count). The molecular formula is C12H13FN2O5. The summed E-state index contributed by atoms with van der Waals surface area (Å²) in [5.41, 5.74) is -0.667. The second-order valence-electron chi connectivity index (χ2n) is 3.77. The molecule has 1 N–H and O–H groups in total. The van der Waals surface area contributed by atoms with E-state index in [1.807, 2.05) is 0 Å². The molecule has 1 aromatic rings. The smallest absolute Gasteiger partial charge is 0.306 e. The number of carbonyl (C=O) groups is 2. The second kappa shape index (κ2) is 7.17. The third-order valence-corrected chi connectivity index (χ3v) is 2.29. The molecule has 108 valence electrons. The maximum atomic E-state index is 13.0. The Morgan fingerprint density at radius 2 is 2.10 bits per heavy atom. The Balaban J connectivity index is 2.68. The molecule has 0 aliphatic carbocycles. The first-order valence-corrected chi connectivity index (χ1v) is 5.83. The fraction of sp³-hybridized carbons (Fsp3) is 0.333. The molecular weight excluding hydrogens is 271 g/mol. The number of esters is 1. The standard InChI is InChI=1S/C12H13FN2O5/c1-2-20-12(17)6-5-11(16)14-9-7-8(13)3-4-10(9)15(18)19/h3-4,7H,2,5-6H2,1H3,(H,14,16). The van der Waals surface area contributed by atoms with E-state index in [-0.39, 0.29) is 25.1 Å². The average molecular weight is 284 g/mol. The number of anilines is 1. The Labute approximate surface area is 113 Å². The van der Waals surface area contributed by atoms with Crippen LogP contribution in [0.3, 0.4) is 0 Å². The van der Waals surface area contributed by atoms with Gasteiger partial charge in [-0.05, 0) is 13.0 Å². The van der Waals surface area contributed by atoms with E-state index in [1.165, 1.54) is 0 Å². The summed E-state index contributed by atoms with van der Waals surface area (Å²) in [7, 11) is 0. The van der Waals surface area contributed by atoms with Gasteiger partial charge in [0.1, 0.15) is 11.5 Å². The van der Waals surface area contributed by atoms with Crippen molar-refractivity contribution in [1.29, 1.82) is 0 Å². The summed E-state index contributed by atoms with van der Waals surface area (Å²) >= 11 is 0. The molecule has 0 heterocycles. The molecule has 0 bridgehead atoms. The highest BCUT2D eigenvalue weighted by molar-refractivity contribution is 5.94. The van der Waals surface area contributed by atoms with Gasteiger partial charge in [0.25, 0.3) is 5.69 Å². The van der Waals surface area contributed by atoms with Crippen LogP contribution in [0.5, 0.6) is 0 Å². The van der Waals surface area contributed by atoms with Crippen molar-refractivity contribution in [3.8, 4) is 0 Å². The molecule has 0 aliphatic rings. The van der Waals surface area contributed by atoms with Gasteiger partial charge in [-0.2, -0.15) is 0 Å². The number of rotatable bonds is 6. The Kier molecular flexibility index (Phi) is 5.57. The van der Waals surface area contributed by atoms with Crippen LogP contribution in [0.1, 0.15) is 19.8 Å². The summed E-state index contributed by atoms with van der Waals surface area (Å²) in [5.74, 6) is -1.89. The van der Waals surface area contributed by atoms with Gasteiger partial charge in [-0.3, -0.25) is 19.7 Å². The summed E-state index contributed by atoms with van der Waals surface area (Å²) in [5, 5.41) is 12.9. The minimum Gasteiger partial charge on any atom is -0.466 e. The van der Waals surface area contributed by atoms with Crippen LogP contribution in [0, 0.1) is 15.9 Å². The van der Waals surface area contributed by atoms with Gasteiger partial charge in [-0.1, -0.05) is 0 Å². The first-order valence-electron chi connectivity index (χ1n) is 5.83. The molecule has 1 amide bonds. The van der Waals surface area contributed by atoms with Crippen LogP contribution in [0.4, 0.5) is 15.8 Å². The minimum atomic E-state index is -0.736. The molecule has 8 heteroatoms. The maximum absolute atomic E-state index is 13.0. The third-order valence-electron chi connectivity index (χ3n) is 2.29. The van der Waals surface area contributed by atoms with E-state index in [4.69, 9.17) is 0 Å². The van der Waals surface area contributed by atoms with Gasteiger partial charge < -0.3 is 10.1 Å². The molecule has 0 aromatic heterocycles. The lowest BCUT2D eigenvalue weighted by Crippen LogP contribution is -2.15. The average Bonchev–Trinajstić information content (AvgIpc) is 2.36. The molecule has 0 fully saturated rings. The lowest BCUT2D eigenvalue weighted by molar-refractivity contribution is -0.384. The van der Waals surface area contributed by atoms with E-state index in [1.54, 1.807) is 6.92 Å². The van der Waals surface area contributed by atoms with Gasteiger partial charge in [-0.25, -0.2) is 4.39 Å². The molecule has 20 heavy (non-hydrogen) atoms. The highest BCUT2D eigenvalue weighted by Gasteiger charge is 2.17. The van der Waals surface area contributed by atoms with Crippen molar-refractivity contribution < 1.29 is 23.6 Å². The molecule has 0 aliphatic heterocycles. The van der Waals surface area contributed by atoms with Crippen molar-refractivity contribution >= 4 is 23.3 Å². The van der Waals surface area contributed by atoms with E-state index >= 15 is 0 Å². The topological polar surface area (TPSA) is 98.5 Å². The van der Waals surface area contributed by atoms with E-state index in [9.17, 15) is 24.1 Å². The highest BCUT2D eigenvalue weighted by atomic mass is 19.1. The number of ether oxygens (including phenoxy) is 1. The highest BCUT2D eigenvalue weighted by Crippen LogP contribution is 2.25. The first-order chi connectivity index (χ1) is 9.43. The van der Waals surface area contributed by atoms with Crippen LogP contribution in [-0.2, 0) is 14.3 Å². The van der Waals surface area contributed by atoms with Gasteiger partial charge in [0.15, 0.2) is 0 Å². The predicted octanol–water partition coefficient (Wildman–Crippen LogP) is 2.02. The number of carbonyl (C=O) groups excluding carboxylic acids is 2. The van der Waals surface area contributed by atoms with Gasteiger partial charge in [0, 0.05) is 18.6 Å². The van der Waals surface area contributed by atoms with Crippen molar-refractivity contribution in [3.05, 3.63) is 34.1 Å². The van der Waals surface area contributed by atoms with Crippen LogP contribution < -0.4 is 5.32 Å².